The van der Waals surface area contributed by atoms with Gasteiger partial charge in [-0.1, -0.05) is 25.1 Å². The van der Waals surface area contributed by atoms with Crippen LogP contribution in [-0.4, -0.2) is 75.9 Å². The van der Waals surface area contributed by atoms with Crippen LogP contribution in [0.4, 0.5) is 5.69 Å². The third-order valence-corrected chi connectivity index (χ3v) is 12.3. The van der Waals surface area contributed by atoms with E-state index in [1.807, 2.05) is 6.92 Å². The number of likely N-dealkylation sites (N-methyl/N-ethyl adjacent to an activating group) is 1. The first-order valence-corrected chi connectivity index (χ1v) is 16.4. The zero-order valence-corrected chi connectivity index (χ0v) is 24.2. The first-order chi connectivity index (χ1) is 18.0. The van der Waals surface area contributed by atoms with Crippen molar-refractivity contribution in [2.24, 2.45) is 5.92 Å². The van der Waals surface area contributed by atoms with Crippen LogP contribution in [0.2, 0.25) is 0 Å². The van der Waals surface area contributed by atoms with Crippen LogP contribution >= 0.6 is 22.7 Å². The summed E-state index contributed by atoms with van der Waals surface area (Å²) in [7, 11) is -6.30. The monoisotopic (exact) mass is 599 g/mol. The molecule has 1 aliphatic rings. The lowest BCUT2D eigenvalue weighted by Crippen LogP contribution is -2.50. The van der Waals surface area contributed by atoms with Crippen LogP contribution in [0.3, 0.4) is 0 Å². The van der Waals surface area contributed by atoms with E-state index in [0.717, 1.165) is 22.7 Å². The van der Waals surface area contributed by atoms with E-state index in [1.54, 1.807) is 35.9 Å². The Hall–Kier alpha value is -2.49. The van der Waals surface area contributed by atoms with Gasteiger partial charge in [-0.3, -0.25) is 9.52 Å². The predicted octanol–water partition coefficient (Wildman–Crippen LogP) is 3.15. The number of fused-ring (bicyclic) bond motifs is 1. The summed E-state index contributed by atoms with van der Waals surface area (Å²) in [5.41, 5.74) is 0.168. The third-order valence-electron chi connectivity index (χ3n) is 6.29. The van der Waals surface area contributed by atoms with Gasteiger partial charge in [-0.05, 0) is 41.9 Å². The minimum atomic E-state index is -3.96. The predicted molar refractivity (Wildman–Crippen MR) is 147 cm³/mol. The Morgan fingerprint density at radius 2 is 1.76 bits per heavy atom. The van der Waals surface area contributed by atoms with Gasteiger partial charge in [0.05, 0.1) is 30.4 Å². The molecule has 206 valence electrons. The van der Waals surface area contributed by atoms with Gasteiger partial charge in [0, 0.05) is 19.5 Å². The molecule has 3 aromatic rings. The van der Waals surface area contributed by atoms with Crippen LogP contribution in [0.1, 0.15) is 24.2 Å². The van der Waals surface area contributed by atoms with E-state index in [2.05, 4.69) is 4.72 Å². The Morgan fingerprint density at radius 1 is 1.11 bits per heavy atom. The molecular formula is C24H29N3O7S4. The van der Waals surface area contributed by atoms with Crippen LogP contribution in [0.5, 0.6) is 5.75 Å². The Balaban J connectivity index is 1.76. The van der Waals surface area contributed by atoms with E-state index in [-0.39, 0.29) is 51.0 Å². The minimum absolute atomic E-state index is 0.00578. The average molecular weight is 600 g/mol. The zero-order valence-electron chi connectivity index (χ0n) is 21.0. The summed E-state index contributed by atoms with van der Waals surface area (Å²) < 4.78 is 62.6. The van der Waals surface area contributed by atoms with Crippen molar-refractivity contribution in [3.63, 3.8) is 0 Å². The van der Waals surface area contributed by atoms with E-state index in [1.165, 1.54) is 40.5 Å². The summed E-state index contributed by atoms with van der Waals surface area (Å²) in [6.45, 7) is 3.39. The molecule has 0 saturated heterocycles. The number of carbonyl (C=O) groups excluding carboxylic acids is 1. The van der Waals surface area contributed by atoms with Gasteiger partial charge in [-0.2, -0.15) is 4.31 Å². The van der Waals surface area contributed by atoms with Crippen LogP contribution in [0, 0.1) is 5.92 Å². The number of para-hydroxylation sites is 1. The number of aliphatic hydroxyl groups excluding tert-OH is 1. The smallest absolute Gasteiger partial charge is 0.271 e. The van der Waals surface area contributed by atoms with Gasteiger partial charge < -0.3 is 14.7 Å². The molecule has 0 spiro atoms. The number of ether oxygens (including phenoxy) is 1. The number of hydrogen-bond acceptors (Lipinski definition) is 9. The van der Waals surface area contributed by atoms with Crippen molar-refractivity contribution in [2.75, 3.05) is 31.5 Å². The molecule has 3 atom stereocenters. The molecule has 4 rings (SSSR count). The topological polar surface area (TPSA) is 133 Å². The summed E-state index contributed by atoms with van der Waals surface area (Å²) in [4.78, 5) is 15.1. The molecular weight excluding hydrogens is 571 g/mol. The number of carbonyl (C=O) groups is 1. The Kier molecular flexibility index (Phi) is 8.49. The standard InChI is InChI=1S/C24H29N3O7S4/c1-16-13-27(17(2)15-28)24(29)18-7-4-8-19(25-37(30,31)21-9-5-11-35-21)23(18)34-20(16)14-26(3)38(32,33)22-10-6-12-36-22/h4-12,16-17,20,25,28H,13-15H2,1-3H3/t16-,17-,20-/m0/s1. The molecule has 2 aromatic heterocycles. The number of anilines is 1. The number of sulfonamides is 2. The molecule has 0 radical (unpaired) electrons. The molecule has 1 aromatic carbocycles. The fourth-order valence-electron chi connectivity index (χ4n) is 4.07. The lowest BCUT2D eigenvalue weighted by molar-refractivity contribution is 0.0389. The first kappa shape index (κ1) is 28.5. The molecule has 10 nitrogen and oxygen atoms in total. The Morgan fingerprint density at radius 3 is 2.37 bits per heavy atom. The number of nitrogens with one attached hydrogen (secondary N) is 1. The molecule has 0 aliphatic carbocycles. The molecule has 3 heterocycles. The zero-order chi connectivity index (χ0) is 27.7. The van der Waals surface area contributed by atoms with E-state index in [9.17, 15) is 26.7 Å². The second-order valence-corrected chi connectivity index (χ2v) is 15.1. The lowest BCUT2D eigenvalue weighted by Gasteiger charge is -2.38. The molecule has 14 heteroatoms. The maximum atomic E-state index is 13.6. The summed E-state index contributed by atoms with van der Waals surface area (Å²) in [6, 6.07) is 10.3. The molecule has 0 bridgehead atoms. The summed E-state index contributed by atoms with van der Waals surface area (Å²) in [6.07, 6.45) is -0.748. The van der Waals surface area contributed by atoms with E-state index >= 15 is 0 Å². The van der Waals surface area contributed by atoms with Crippen molar-refractivity contribution in [2.45, 2.75) is 34.4 Å². The second kappa shape index (κ2) is 11.3. The van der Waals surface area contributed by atoms with E-state index in [4.69, 9.17) is 4.74 Å². The average Bonchev–Trinajstić information content (AvgIpc) is 3.61. The molecule has 2 N–H and O–H groups in total. The van der Waals surface area contributed by atoms with Gasteiger partial charge >= 0.3 is 0 Å². The van der Waals surface area contributed by atoms with Gasteiger partial charge in [0.15, 0.2) is 5.75 Å². The maximum Gasteiger partial charge on any atom is 0.271 e. The number of nitrogens with zero attached hydrogens (tertiary/aromatic N) is 2. The van der Waals surface area contributed by atoms with E-state index < -0.39 is 38.1 Å². The van der Waals surface area contributed by atoms with Crippen molar-refractivity contribution in [3.05, 3.63) is 58.8 Å². The normalized spacial score (nSPS) is 19.4. The number of thiophene rings is 2. The highest BCUT2D eigenvalue weighted by Crippen LogP contribution is 2.36. The van der Waals surface area contributed by atoms with Crippen LogP contribution in [-0.2, 0) is 20.0 Å². The third kappa shape index (κ3) is 5.75. The van der Waals surface area contributed by atoms with Gasteiger partial charge in [0.25, 0.3) is 26.0 Å². The Bertz CT molecular complexity index is 1470. The van der Waals surface area contributed by atoms with Gasteiger partial charge in [-0.25, -0.2) is 16.8 Å². The van der Waals surface area contributed by atoms with Crippen molar-refractivity contribution in [1.29, 1.82) is 0 Å². The number of rotatable bonds is 9. The van der Waals surface area contributed by atoms with Crippen LogP contribution < -0.4 is 9.46 Å². The highest BCUT2D eigenvalue weighted by Gasteiger charge is 2.36. The van der Waals surface area contributed by atoms with Gasteiger partial charge in [0.1, 0.15) is 14.5 Å². The summed E-state index contributed by atoms with van der Waals surface area (Å²) in [5, 5.41) is 13.2. The first-order valence-electron chi connectivity index (χ1n) is 11.7. The van der Waals surface area contributed by atoms with E-state index in [0.29, 0.717) is 0 Å². The lowest BCUT2D eigenvalue weighted by atomic mass is 9.99. The molecule has 1 amide bonds. The molecule has 0 unspecified atom stereocenters. The largest absolute Gasteiger partial charge is 0.486 e. The minimum Gasteiger partial charge on any atom is -0.486 e. The number of hydrogen-bond donors (Lipinski definition) is 2. The number of amides is 1. The molecule has 38 heavy (non-hydrogen) atoms. The van der Waals surface area contributed by atoms with Crippen molar-refractivity contribution in [1.82, 2.24) is 9.21 Å². The highest BCUT2D eigenvalue weighted by molar-refractivity contribution is 7.94. The second-order valence-electron chi connectivity index (χ2n) is 9.06. The fraction of sp³-hybridized carbons (Fsp3) is 0.375. The van der Waals surface area contributed by atoms with Crippen molar-refractivity contribution < 1.29 is 31.5 Å². The number of aliphatic hydroxyl groups is 1. The van der Waals surface area contributed by atoms with Crippen molar-refractivity contribution in [3.8, 4) is 5.75 Å². The molecule has 1 aliphatic heterocycles. The van der Waals surface area contributed by atoms with Gasteiger partial charge in [0.2, 0.25) is 0 Å². The Labute approximate surface area is 230 Å². The quantitative estimate of drug-likeness (QED) is 0.386. The molecule has 0 fully saturated rings. The van der Waals surface area contributed by atoms with Crippen molar-refractivity contribution >= 4 is 54.3 Å². The van der Waals surface area contributed by atoms with Crippen LogP contribution in [0.25, 0.3) is 0 Å². The number of benzene rings is 1. The molecule has 0 saturated carbocycles. The fourth-order valence-corrected chi connectivity index (χ4v) is 8.51. The van der Waals surface area contributed by atoms with Gasteiger partial charge in [-0.15, -0.1) is 22.7 Å². The summed E-state index contributed by atoms with van der Waals surface area (Å²) >= 11 is 2.15. The maximum absolute atomic E-state index is 13.6. The highest BCUT2D eigenvalue weighted by atomic mass is 32.3. The SMILES string of the molecule is C[C@H]1CN([C@@H](C)CO)C(=O)c2cccc(NS(=O)(=O)c3cccs3)c2O[C@H]1CN(C)S(=O)(=O)c1cccs1. The summed E-state index contributed by atoms with van der Waals surface area (Å²) in [5.74, 6) is -0.793. The van der Waals surface area contributed by atoms with Crippen LogP contribution in [0.15, 0.2) is 61.6 Å².